The van der Waals surface area contributed by atoms with Crippen LogP contribution in [0.1, 0.15) is 33.1 Å². The second-order valence-electron chi connectivity index (χ2n) is 9.51. The van der Waals surface area contributed by atoms with Crippen LogP contribution in [0.5, 0.6) is 0 Å². The highest BCUT2D eigenvalue weighted by atomic mass is 19.4. The van der Waals surface area contributed by atoms with E-state index in [1.54, 1.807) is 12.0 Å². The molecule has 0 aliphatic heterocycles. The molecular formula is C28H16F6N6O3. The van der Waals surface area contributed by atoms with Crippen molar-refractivity contribution in [3.8, 4) is 17.3 Å². The normalized spacial score (nSPS) is 12.3. The molecule has 0 bridgehead atoms. The van der Waals surface area contributed by atoms with Crippen molar-refractivity contribution >= 4 is 39.2 Å². The van der Waals surface area contributed by atoms with Crippen LogP contribution in [-0.4, -0.2) is 36.6 Å². The van der Waals surface area contributed by atoms with Gasteiger partial charge in [-0.05, 0) is 32.0 Å². The Morgan fingerprint density at radius 1 is 1.02 bits per heavy atom. The molecule has 2 aromatic carbocycles. The van der Waals surface area contributed by atoms with Crippen molar-refractivity contribution in [1.29, 1.82) is 0 Å². The van der Waals surface area contributed by atoms with Crippen molar-refractivity contribution in [1.82, 2.24) is 24.7 Å². The van der Waals surface area contributed by atoms with Crippen molar-refractivity contribution in [2.75, 3.05) is 5.32 Å². The molecule has 6 aromatic rings. The number of aryl methyl sites for hydroxylation is 2. The summed E-state index contributed by atoms with van der Waals surface area (Å²) in [5, 5.41) is 7.16. The highest BCUT2D eigenvalue weighted by Crippen LogP contribution is 2.39. The van der Waals surface area contributed by atoms with Gasteiger partial charge in [-0.2, -0.15) is 31.4 Å². The van der Waals surface area contributed by atoms with Gasteiger partial charge in [-0.25, -0.2) is 19.4 Å². The van der Waals surface area contributed by atoms with Crippen molar-refractivity contribution in [3.05, 3.63) is 82.4 Å². The molecule has 9 nitrogen and oxygen atoms in total. The first-order valence-electron chi connectivity index (χ1n) is 12.3. The summed E-state index contributed by atoms with van der Waals surface area (Å²) in [4.78, 5) is 35.0. The predicted octanol–water partition coefficient (Wildman–Crippen LogP) is 5.69. The Hall–Kier alpha value is -5.43. The van der Waals surface area contributed by atoms with Gasteiger partial charge in [0.15, 0.2) is 11.6 Å². The molecular weight excluding hydrogens is 582 g/mol. The van der Waals surface area contributed by atoms with E-state index in [9.17, 15) is 35.9 Å². The summed E-state index contributed by atoms with van der Waals surface area (Å²) in [6.07, 6.45) is -8.56. The quantitative estimate of drug-likeness (QED) is 0.252. The maximum absolute atomic E-state index is 14.4. The van der Waals surface area contributed by atoms with Crippen molar-refractivity contribution in [2.24, 2.45) is 0 Å². The molecule has 0 fully saturated rings. The number of halogens is 6. The number of pyridine rings is 1. The molecule has 43 heavy (non-hydrogen) atoms. The average Bonchev–Trinajstić information content (AvgIpc) is 3.64. The van der Waals surface area contributed by atoms with Gasteiger partial charge >= 0.3 is 12.4 Å². The van der Waals surface area contributed by atoms with E-state index in [1.165, 1.54) is 38.1 Å². The summed E-state index contributed by atoms with van der Waals surface area (Å²) < 4.78 is 90.8. The van der Waals surface area contributed by atoms with Crippen molar-refractivity contribution in [2.45, 2.75) is 26.2 Å². The number of nitrogens with one attached hydrogen (secondary N) is 2. The third kappa shape index (κ3) is 4.59. The van der Waals surface area contributed by atoms with Gasteiger partial charge in [0.2, 0.25) is 5.89 Å². The summed E-state index contributed by atoms with van der Waals surface area (Å²) in [5.74, 6) is 0.250. The van der Waals surface area contributed by atoms with Gasteiger partial charge in [0, 0.05) is 21.7 Å². The number of carbonyl (C=O) groups excluding carboxylic acids is 2. The van der Waals surface area contributed by atoms with Gasteiger partial charge < -0.3 is 14.7 Å². The first-order valence-corrected chi connectivity index (χ1v) is 12.3. The topological polar surface area (TPSA) is 119 Å². The molecule has 0 unspecified atom stereocenters. The van der Waals surface area contributed by atoms with Crippen LogP contribution in [0.2, 0.25) is 0 Å². The van der Waals surface area contributed by atoms with Crippen molar-refractivity contribution < 1.29 is 40.3 Å². The maximum Gasteiger partial charge on any atom is 0.434 e. The molecule has 0 saturated carbocycles. The summed E-state index contributed by atoms with van der Waals surface area (Å²) in [5.41, 5.74) is -4.14. The third-order valence-electron chi connectivity index (χ3n) is 6.84. The van der Waals surface area contributed by atoms with E-state index in [-0.39, 0.29) is 16.8 Å². The summed E-state index contributed by atoms with van der Waals surface area (Å²) >= 11 is 0. The number of rotatable bonds is 4. The number of carbonyl (C=O) groups is 1. The zero-order chi connectivity index (χ0) is 30.8. The number of hydrogen-bond acceptors (Lipinski definition) is 6. The standard InChI is InChI=1S/C28H16F6N6O3/c1-12-13(2)43-26(37-12)23-18(27(29,30)31)8-14(9-35-23)38-25(42)17-10-36-40(24(17)28(32,33)34)21-7-6-19-22-15(20(11-41)39-19)4-3-5-16(21)22/h3-10,39H,1-2H3,(H,38,42). The Morgan fingerprint density at radius 2 is 1.77 bits per heavy atom. The predicted molar refractivity (Wildman–Crippen MR) is 140 cm³/mol. The molecule has 0 saturated heterocycles. The van der Waals surface area contributed by atoms with Crippen LogP contribution in [-0.2, 0) is 17.1 Å². The van der Waals surface area contributed by atoms with Crippen LogP contribution >= 0.6 is 0 Å². The number of nitrogens with zero attached hydrogens (tertiary/aromatic N) is 4. The van der Waals surface area contributed by atoms with Crippen LogP contribution in [0, 0.1) is 13.8 Å². The summed E-state index contributed by atoms with van der Waals surface area (Å²) in [7, 11) is 0. The molecule has 6 rings (SSSR count). The van der Waals surface area contributed by atoms with Crippen LogP contribution in [0.25, 0.3) is 38.9 Å². The minimum absolute atomic E-state index is 0.0529. The third-order valence-corrected chi connectivity index (χ3v) is 6.84. The number of aromatic amines is 1. The number of anilines is 1. The van der Waals surface area contributed by atoms with Crippen molar-refractivity contribution in [3.63, 3.8) is 0 Å². The monoisotopic (exact) mass is 598 g/mol. The highest BCUT2D eigenvalue weighted by molar-refractivity contribution is 6.13. The van der Waals surface area contributed by atoms with Gasteiger partial charge in [0.1, 0.15) is 16.8 Å². The molecule has 4 aromatic heterocycles. The van der Waals surface area contributed by atoms with Crippen LogP contribution in [0.4, 0.5) is 32.0 Å². The van der Waals surface area contributed by atoms with E-state index >= 15 is 0 Å². The van der Waals surface area contributed by atoms with E-state index in [0.717, 1.165) is 6.20 Å². The fourth-order valence-corrected chi connectivity index (χ4v) is 4.83. The Bertz CT molecular complexity index is 2130. The largest absolute Gasteiger partial charge is 0.440 e. The number of benzene rings is 2. The molecule has 15 heteroatoms. The summed E-state index contributed by atoms with van der Waals surface area (Å²) in [6, 6.07) is 7.97. The summed E-state index contributed by atoms with van der Waals surface area (Å²) in [6.45, 7) is 3.04. The van der Waals surface area contributed by atoms with Gasteiger partial charge in [-0.1, -0.05) is 18.2 Å². The number of alkyl halides is 6. The molecule has 0 aliphatic rings. The number of amides is 1. The first-order chi connectivity index (χ1) is 20.3. The van der Waals surface area contributed by atoms with E-state index in [2.05, 4.69) is 25.4 Å². The fourth-order valence-electron chi connectivity index (χ4n) is 4.83. The zero-order valence-electron chi connectivity index (χ0n) is 21.9. The lowest BCUT2D eigenvalue weighted by atomic mass is 10.1. The fraction of sp³-hybridized carbons (Fsp3) is 0.143. The lowest BCUT2D eigenvalue weighted by Gasteiger charge is -2.15. The van der Waals surface area contributed by atoms with Gasteiger partial charge in [-0.15, -0.1) is 0 Å². The van der Waals surface area contributed by atoms with Crippen LogP contribution in [0.3, 0.4) is 0 Å². The number of oxazole rings is 1. The number of hydrogen-bond donors (Lipinski definition) is 2. The average molecular weight is 598 g/mol. The second kappa shape index (κ2) is 9.56. The van der Waals surface area contributed by atoms with E-state index in [0.29, 0.717) is 44.3 Å². The van der Waals surface area contributed by atoms with Gasteiger partial charge in [0.05, 0.1) is 40.6 Å². The lowest BCUT2D eigenvalue weighted by molar-refractivity contribution is -0.143. The molecule has 0 aliphatic carbocycles. The van der Waals surface area contributed by atoms with Crippen LogP contribution in [0.15, 0.2) is 53.2 Å². The minimum atomic E-state index is -5.11. The zero-order valence-corrected chi connectivity index (χ0v) is 21.9. The molecule has 2 N–H and O–H groups in total. The maximum atomic E-state index is 14.4. The molecule has 4 heterocycles. The number of H-pyrrole nitrogens is 1. The molecule has 218 valence electrons. The van der Waals surface area contributed by atoms with E-state index in [1.807, 2.05) is 0 Å². The highest BCUT2D eigenvalue weighted by Gasteiger charge is 2.41. The van der Waals surface area contributed by atoms with E-state index < -0.39 is 52.4 Å². The van der Waals surface area contributed by atoms with Gasteiger partial charge in [0.25, 0.3) is 5.91 Å². The SMILES string of the molecule is Cc1nc(-c2ncc(NC(=O)c3cnn(-c4ccc5[nH]c(=C=O)c6cccc4c56)c3C(F)(F)F)cc2C(F)(F)F)oc1C. The molecule has 0 radical (unpaired) electrons. The Balaban J connectivity index is 1.43. The molecule has 0 spiro atoms. The van der Waals surface area contributed by atoms with Crippen LogP contribution < -0.4 is 10.7 Å². The van der Waals surface area contributed by atoms with E-state index in [4.69, 9.17) is 4.42 Å². The lowest BCUT2D eigenvalue weighted by Crippen LogP contribution is -2.21. The molecule has 1 amide bonds. The first kappa shape index (κ1) is 27.7. The molecule has 0 atom stereocenters. The Kier molecular flexibility index (Phi) is 6.16. The Morgan fingerprint density at radius 3 is 2.42 bits per heavy atom. The smallest absolute Gasteiger partial charge is 0.434 e. The Labute approximate surface area is 235 Å². The number of aromatic nitrogens is 5. The van der Waals surface area contributed by atoms with Gasteiger partial charge in [-0.3, -0.25) is 4.79 Å². The second-order valence-corrected chi connectivity index (χ2v) is 9.51. The minimum Gasteiger partial charge on any atom is -0.440 e.